The zero-order valence-electron chi connectivity index (χ0n) is 14.7. The van der Waals surface area contributed by atoms with Crippen molar-refractivity contribution in [1.82, 2.24) is 4.98 Å². The van der Waals surface area contributed by atoms with E-state index in [4.69, 9.17) is 11.6 Å². The van der Waals surface area contributed by atoms with Gasteiger partial charge < -0.3 is 15.4 Å². The van der Waals surface area contributed by atoms with Gasteiger partial charge in [-0.05, 0) is 48.5 Å². The van der Waals surface area contributed by atoms with Crippen LogP contribution in [0, 0.1) is 5.82 Å². The normalized spacial score (nSPS) is 10.2. The number of pyridine rings is 1. The van der Waals surface area contributed by atoms with Crippen molar-refractivity contribution in [3.8, 4) is 0 Å². The number of amides is 1. The van der Waals surface area contributed by atoms with Crippen molar-refractivity contribution in [2.75, 3.05) is 17.7 Å². The van der Waals surface area contributed by atoms with E-state index in [1.165, 1.54) is 49.8 Å². The first-order valence-corrected chi connectivity index (χ1v) is 8.51. The minimum atomic E-state index is -0.542. The minimum Gasteiger partial charge on any atom is -0.465 e. The van der Waals surface area contributed by atoms with Gasteiger partial charge in [-0.2, -0.15) is 0 Å². The highest BCUT2D eigenvalue weighted by Gasteiger charge is 2.13. The highest BCUT2D eigenvalue weighted by Crippen LogP contribution is 2.24. The Bertz CT molecular complexity index is 1030. The quantitative estimate of drug-likeness (QED) is 0.610. The summed E-state index contributed by atoms with van der Waals surface area (Å²) in [5.74, 6) is -1.35. The first-order valence-electron chi connectivity index (χ1n) is 8.13. The Balaban J connectivity index is 1.78. The number of nitrogens with zero attached hydrogens (tertiary/aromatic N) is 1. The van der Waals surface area contributed by atoms with Gasteiger partial charge in [0.1, 0.15) is 5.82 Å². The molecule has 1 aromatic heterocycles. The Morgan fingerprint density at radius 2 is 1.75 bits per heavy atom. The van der Waals surface area contributed by atoms with Crippen LogP contribution in [0.5, 0.6) is 0 Å². The number of carbonyl (C=O) groups is 2. The number of halogens is 2. The second-order valence-electron chi connectivity index (χ2n) is 5.73. The highest BCUT2D eigenvalue weighted by molar-refractivity contribution is 6.34. The largest absolute Gasteiger partial charge is 0.465 e. The molecule has 0 bridgehead atoms. The molecule has 0 saturated heterocycles. The first-order chi connectivity index (χ1) is 13.5. The number of benzene rings is 2. The number of hydrogen-bond acceptors (Lipinski definition) is 5. The molecular weight excluding hydrogens is 385 g/mol. The van der Waals surface area contributed by atoms with Gasteiger partial charge in [0.05, 0.1) is 40.8 Å². The molecule has 0 saturated carbocycles. The third-order valence-corrected chi connectivity index (χ3v) is 4.10. The smallest absolute Gasteiger partial charge is 0.337 e. The maximum atomic E-state index is 13.0. The van der Waals surface area contributed by atoms with Crippen LogP contribution in [0.2, 0.25) is 5.02 Å². The fourth-order valence-electron chi connectivity index (χ4n) is 2.39. The van der Waals surface area contributed by atoms with Crippen LogP contribution in [0.1, 0.15) is 20.7 Å². The highest BCUT2D eigenvalue weighted by atomic mass is 35.5. The molecular formula is C20H15ClFN3O3. The second kappa shape index (κ2) is 8.49. The van der Waals surface area contributed by atoms with Gasteiger partial charge in [-0.3, -0.25) is 9.78 Å². The van der Waals surface area contributed by atoms with Crippen molar-refractivity contribution < 1.29 is 18.7 Å². The summed E-state index contributed by atoms with van der Waals surface area (Å²) in [6.45, 7) is 0. The second-order valence-corrected chi connectivity index (χ2v) is 6.14. The molecule has 0 aliphatic heterocycles. The van der Waals surface area contributed by atoms with Crippen LogP contribution in [-0.2, 0) is 4.74 Å². The SMILES string of the molecule is COC(=O)c1ccc(Cl)c(NC(=O)c2cncc(Nc3ccc(F)cc3)c2)c1. The summed E-state index contributed by atoms with van der Waals surface area (Å²) in [5.41, 5.74) is 1.99. The molecule has 0 spiro atoms. The lowest BCUT2D eigenvalue weighted by atomic mass is 10.2. The summed E-state index contributed by atoms with van der Waals surface area (Å²) in [7, 11) is 1.26. The van der Waals surface area contributed by atoms with Crippen LogP contribution in [0.15, 0.2) is 60.9 Å². The molecule has 2 aromatic carbocycles. The predicted molar refractivity (Wildman–Crippen MR) is 105 cm³/mol. The molecule has 3 rings (SSSR count). The summed E-state index contributed by atoms with van der Waals surface area (Å²) < 4.78 is 17.7. The zero-order valence-corrected chi connectivity index (χ0v) is 15.5. The summed E-state index contributed by atoms with van der Waals surface area (Å²) in [6, 6.07) is 11.8. The Labute approximate surface area is 165 Å². The maximum Gasteiger partial charge on any atom is 0.337 e. The van der Waals surface area contributed by atoms with E-state index in [2.05, 4.69) is 20.4 Å². The Morgan fingerprint density at radius 3 is 2.46 bits per heavy atom. The van der Waals surface area contributed by atoms with Crippen LogP contribution in [0.3, 0.4) is 0 Å². The van der Waals surface area contributed by atoms with Gasteiger partial charge in [0.2, 0.25) is 0 Å². The van der Waals surface area contributed by atoms with E-state index in [0.29, 0.717) is 11.4 Å². The topological polar surface area (TPSA) is 80.3 Å². The lowest BCUT2D eigenvalue weighted by Gasteiger charge is -2.10. The number of rotatable bonds is 5. The van der Waals surface area contributed by atoms with Crippen LogP contribution < -0.4 is 10.6 Å². The van der Waals surface area contributed by atoms with Crippen molar-refractivity contribution in [2.24, 2.45) is 0 Å². The number of anilines is 3. The molecule has 0 aliphatic carbocycles. The molecule has 0 atom stereocenters. The molecule has 0 aliphatic rings. The molecule has 0 fully saturated rings. The third-order valence-electron chi connectivity index (χ3n) is 3.77. The van der Waals surface area contributed by atoms with Gasteiger partial charge in [0.25, 0.3) is 5.91 Å². The minimum absolute atomic E-state index is 0.257. The number of aromatic nitrogens is 1. The van der Waals surface area contributed by atoms with Crippen molar-refractivity contribution in [3.05, 3.63) is 82.9 Å². The molecule has 1 amide bonds. The Hall–Kier alpha value is -3.45. The average molecular weight is 400 g/mol. The van der Waals surface area contributed by atoms with Crippen molar-refractivity contribution in [3.63, 3.8) is 0 Å². The summed E-state index contributed by atoms with van der Waals surface area (Å²) in [5, 5.41) is 5.96. The van der Waals surface area contributed by atoms with Gasteiger partial charge >= 0.3 is 5.97 Å². The van der Waals surface area contributed by atoms with Crippen LogP contribution in [0.4, 0.5) is 21.5 Å². The fourth-order valence-corrected chi connectivity index (χ4v) is 2.56. The molecule has 1 heterocycles. The van der Waals surface area contributed by atoms with E-state index in [1.807, 2.05) is 0 Å². The summed E-state index contributed by atoms with van der Waals surface area (Å²) >= 11 is 6.10. The van der Waals surface area contributed by atoms with Crippen LogP contribution in [-0.4, -0.2) is 24.0 Å². The molecule has 8 heteroatoms. The van der Waals surface area contributed by atoms with Gasteiger partial charge in [-0.25, -0.2) is 9.18 Å². The van der Waals surface area contributed by atoms with E-state index < -0.39 is 11.9 Å². The van der Waals surface area contributed by atoms with E-state index in [-0.39, 0.29) is 27.7 Å². The van der Waals surface area contributed by atoms with Crippen molar-refractivity contribution in [1.29, 1.82) is 0 Å². The van der Waals surface area contributed by atoms with Crippen LogP contribution >= 0.6 is 11.6 Å². The zero-order chi connectivity index (χ0) is 20.1. The molecule has 3 aromatic rings. The average Bonchev–Trinajstić information content (AvgIpc) is 2.71. The molecule has 142 valence electrons. The molecule has 6 nitrogen and oxygen atoms in total. The lowest BCUT2D eigenvalue weighted by Crippen LogP contribution is -2.13. The number of esters is 1. The fraction of sp³-hybridized carbons (Fsp3) is 0.0500. The maximum absolute atomic E-state index is 13.0. The number of hydrogen-bond donors (Lipinski definition) is 2. The third kappa shape index (κ3) is 4.63. The van der Waals surface area contributed by atoms with E-state index in [9.17, 15) is 14.0 Å². The van der Waals surface area contributed by atoms with E-state index in [0.717, 1.165) is 0 Å². The van der Waals surface area contributed by atoms with Crippen molar-refractivity contribution >= 4 is 40.5 Å². The number of carbonyl (C=O) groups excluding carboxylic acids is 2. The monoisotopic (exact) mass is 399 g/mol. The summed E-state index contributed by atoms with van der Waals surface area (Å²) in [4.78, 5) is 28.3. The molecule has 28 heavy (non-hydrogen) atoms. The lowest BCUT2D eigenvalue weighted by molar-refractivity contribution is 0.0600. The number of methoxy groups -OCH3 is 1. The van der Waals surface area contributed by atoms with Gasteiger partial charge in [-0.1, -0.05) is 11.6 Å². The van der Waals surface area contributed by atoms with E-state index >= 15 is 0 Å². The van der Waals surface area contributed by atoms with Gasteiger partial charge in [-0.15, -0.1) is 0 Å². The number of nitrogens with one attached hydrogen (secondary N) is 2. The molecule has 0 radical (unpaired) electrons. The standard InChI is InChI=1S/C20H15ClFN3O3/c1-28-20(27)12-2-7-17(21)18(9-12)25-19(26)13-8-16(11-23-10-13)24-15-5-3-14(22)4-6-15/h2-11,24H,1H3,(H,25,26). The van der Waals surface area contributed by atoms with Crippen molar-refractivity contribution in [2.45, 2.75) is 0 Å². The van der Waals surface area contributed by atoms with E-state index in [1.54, 1.807) is 18.2 Å². The Kier molecular flexibility index (Phi) is 5.86. The predicted octanol–water partition coefficient (Wildman–Crippen LogP) is 4.66. The molecule has 2 N–H and O–H groups in total. The van der Waals surface area contributed by atoms with Gasteiger partial charge in [0.15, 0.2) is 0 Å². The van der Waals surface area contributed by atoms with Gasteiger partial charge in [0, 0.05) is 11.9 Å². The molecule has 0 unspecified atom stereocenters. The summed E-state index contributed by atoms with van der Waals surface area (Å²) in [6.07, 6.45) is 2.92. The number of ether oxygens (including phenoxy) is 1. The van der Waals surface area contributed by atoms with Crippen LogP contribution in [0.25, 0.3) is 0 Å². The first kappa shape index (κ1) is 19.3. The Morgan fingerprint density at radius 1 is 1.00 bits per heavy atom.